The molecule has 0 fully saturated rings. The maximum atomic E-state index is 12.8. The van der Waals surface area contributed by atoms with Gasteiger partial charge in [0, 0.05) is 47.2 Å². The van der Waals surface area contributed by atoms with E-state index in [0.29, 0.717) is 51.8 Å². The highest BCUT2D eigenvalue weighted by Gasteiger charge is 2.14. The first-order valence-corrected chi connectivity index (χ1v) is 11.2. The number of ether oxygens (including phenoxy) is 2. The first-order chi connectivity index (χ1) is 17.0. The van der Waals surface area contributed by atoms with Crippen LogP contribution in [0.1, 0.15) is 10.5 Å². The van der Waals surface area contributed by atoms with Gasteiger partial charge in [-0.2, -0.15) is 5.10 Å². The highest BCUT2D eigenvalue weighted by molar-refractivity contribution is 7.71. The van der Waals surface area contributed by atoms with E-state index in [0.717, 1.165) is 22.0 Å². The van der Waals surface area contributed by atoms with E-state index in [4.69, 9.17) is 27.4 Å². The first-order valence-electron chi connectivity index (χ1n) is 10.8. The third-order valence-electron chi connectivity index (χ3n) is 5.83. The molecule has 0 saturated heterocycles. The molecule has 5 aromatic rings. The standard InChI is InChI=1S/C24H23N7O3S/c1-33-20-9-16-18(10-21(20)34-2)30-24(35)31(22(16)25)6-5-26-23(32)19-8-14-7-13(3-4-17(14)29-19)15-11-27-28-12-15/h3-4,7-12,29H,5-6,25H2,1-2H3,(H,26,32)(H,27,28). The van der Waals surface area contributed by atoms with Crippen molar-refractivity contribution in [2.75, 3.05) is 26.5 Å². The Morgan fingerprint density at radius 3 is 2.69 bits per heavy atom. The summed E-state index contributed by atoms with van der Waals surface area (Å²) in [5.74, 6) is 1.30. The molecule has 0 bridgehead atoms. The number of nitrogens with two attached hydrogens (primary N) is 1. The number of H-pyrrole nitrogens is 2. The van der Waals surface area contributed by atoms with Gasteiger partial charge in [-0.05, 0) is 42.0 Å². The molecule has 0 spiro atoms. The highest BCUT2D eigenvalue weighted by atomic mass is 32.1. The molecule has 0 saturated carbocycles. The van der Waals surface area contributed by atoms with E-state index < -0.39 is 0 Å². The van der Waals surface area contributed by atoms with E-state index in [2.05, 4.69) is 25.5 Å². The summed E-state index contributed by atoms with van der Waals surface area (Å²) < 4.78 is 12.7. The summed E-state index contributed by atoms with van der Waals surface area (Å²) in [5, 5.41) is 11.3. The number of nitrogen functional groups attached to an aromatic ring is 1. The van der Waals surface area contributed by atoms with Crippen LogP contribution in [0.25, 0.3) is 32.9 Å². The zero-order valence-electron chi connectivity index (χ0n) is 19.1. The Bertz CT molecular complexity index is 1610. The fourth-order valence-corrected chi connectivity index (χ4v) is 4.30. The van der Waals surface area contributed by atoms with Crippen molar-refractivity contribution in [3.8, 4) is 22.6 Å². The lowest BCUT2D eigenvalue weighted by atomic mass is 10.1. The molecule has 1 amide bonds. The Kier molecular flexibility index (Phi) is 5.83. The van der Waals surface area contributed by atoms with Crippen LogP contribution in [-0.2, 0) is 6.54 Å². The number of anilines is 1. The Hall–Kier alpha value is -4.38. The average molecular weight is 490 g/mol. The average Bonchev–Trinajstić information content (AvgIpc) is 3.55. The third kappa shape index (κ3) is 4.17. The molecule has 3 aromatic heterocycles. The largest absolute Gasteiger partial charge is 0.493 e. The number of nitrogens with zero attached hydrogens (tertiary/aromatic N) is 3. The van der Waals surface area contributed by atoms with Crippen LogP contribution >= 0.6 is 12.2 Å². The number of rotatable bonds is 7. The number of nitrogens with one attached hydrogen (secondary N) is 3. The number of hydrogen-bond acceptors (Lipinski definition) is 7. The van der Waals surface area contributed by atoms with Crippen molar-refractivity contribution < 1.29 is 14.3 Å². The van der Waals surface area contributed by atoms with Gasteiger partial charge in [-0.1, -0.05) is 6.07 Å². The summed E-state index contributed by atoms with van der Waals surface area (Å²) in [5.41, 5.74) is 10.3. The molecule has 35 heavy (non-hydrogen) atoms. The summed E-state index contributed by atoms with van der Waals surface area (Å²) in [6.45, 7) is 0.673. The van der Waals surface area contributed by atoms with E-state index in [1.807, 2.05) is 30.5 Å². The summed E-state index contributed by atoms with van der Waals surface area (Å²) >= 11 is 5.44. The molecule has 0 unspecified atom stereocenters. The quantitative estimate of drug-likeness (QED) is 0.256. The molecule has 5 N–H and O–H groups in total. The number of methoxy groups -OCH3 is 2. The van der Waals surface area contributed by atoms with Crippen molar-refractivity contribution >= 4 is 45.7 Å². The van der Waals surface area contributed by atoms with Crippen molar-refractivity contribution in [1.82, 2.24) is 30.0 Å². The molecule has 3 heterocycles. The number of amides is 1. The smallest absolute Gasteiger partial charge is 0.267 e. The highest BCUT2D eigenvalue weighted by Crippen LogP contribution is 2.33. The van der Waals surface area contributed by atoms with Crippen LogP contribution in [0.15, 0.2) is 48.8 Å². The van der Waals surface area contributed by atoms with Crippen molar-refractivity contribution in [3.63, 3.8) is 0 Å². The van der Waals surface area contributed by atoms with Crippen LogP contribution in [0.4, 0.5) is 5.82 Å². The monoisotopic (exact) mass is 489 g/mol. The van der Waals surface area contributed by atoms with Gasteiger partial charge in [0.1, 0.15) is 11.5 Å². The molecule has 0 atom stereocenters. The number of aromatic nitrogens is 5. The van der Waals surface area contributed by atoms with Crippen LogP contribution < -0.4 is 20.5 Å². The summed E-state index contributed by atoms with van der Waals surface area (Å²) in [4.78, 5) is 20.4. The van der Waals surface area contributed by atoms with Crippen molar-refractivity contribution in [1.29, 1.82) is 0 Å². The SMILES string of the molecule is COc1cc2nc(=S)n(CCNC(=O)c3cc4cc(-c5cn[nH]c5)ccc4[nH]3)c(N)c2cc1OC. The van der Waals surface area contributed by atoms with Crippen LogP contribution in [0.3, 0.4) is 0 Å². The normalized spacial score (nSPS) is 11.1. The van der Waals surface area contributed by atoms with Gasteiger partial charge < -0.3 is 30.1 Å². The molecule has 5 rings (SSSR count). The molecule has 10 nitrogen and oxygen atoms in total. The second-order valence-electron chi connectivity index (χ2n) is 7.88. The van der Waals surface area contributed by atoms with Gasteiger partial charge in [0.15, 0.2) is 11.5 Å². The van der Waals surface area contributed by atoms with Gasteiger partial charge in [-0.25, -0.2) is 4.98 Å². The maximum absolute atomic E-state index is 12.8. The van der Waals surface area contributed by atoms with E-state index in [1.165, 1.54) is 0 Å². The molecule has 0 radical (unpaired) electrons. The lowest BCUT2D eigenvalue weighted by Gasteiger charge is -2.15. The Morgan fingerprint density at radius 2 is 1.94 bits per heavy atom. The molecule has 0 aliphatic rings. The minimum absolute atomic E-state index is 0.226. The van der Waals surface area contributed by atoms with Gasteiger partial charge in [0.05, 0.1) is 25.9 Å². The first kappa shape index (κ1) is 22.4. The molecular formula is C24H23N7O3S. The third-order valence-corrected chi connectivity index (χ3v) is 6.15. The molecular weight excluding hydrogens is 466 g/mol. The minimum atomic E-state index is -0.226. The zero-order valence-corrected chi connectivity index (χ0v) is 19.9. The van der Waals surface area contributed by atoms with E-state index in [9.17, 15) is 4.79 Å². The van der Waals surface area contributed by atoms with Gasteiger partial charge in [-0.15, -0.1) is 0 Å². The van der Waals surface area contributed by atoms with E-state index in [1.54, 1.807) is 37.1 Å². The molecule has 11 heteroatoms. The summed E-state index contributed by atoms with van der Waals surface area (Å²) in [6.07, 6.45) is 3.58. The predicted octanol–water partition coefficient (Wildman–Crippen LogP) is 3.67. The van der Waals surface area contributed by atoms with Gasteiger partial charge in [0.25, 0.3) is 5.91 Å². The number of carbonyl (C=O) groups excluding carboxylic acids is 1. The zero-order chi connectivity index (χ0) is 24.5. The lowest BCUT2D eigenvalue weighted by Crippen LogP contribution is -2.28. The molecule has 0 aliphatic carbocycles. The van der Waals surface area contributed by atoms with E-state index in [-0.39, 0.29) is 5.91 Å². The Labute approximate surface area is 205 Å². The second kappa shape index (κ2) is 9.11. The van der Waals surface area contributed by atoms with E-state index >= 15 is 0 Å². The maximum Gasteiger partial charge on any atom is 0.267 e. The van der Waals surface area contributed by atoms with Crippen molar-refractivity contribution in [3.05, 3.63) is 59.3 Å². The number of fused-ring (bicyclic) bond motifs is 2. The fraction of sp³-hybridized carbons (Fsp3) is 0.167. The summed E-state index contributed by atoms with van der Waals surface area (Å²) in [6, 6.07) is 11.3. The molecule has 0 aliphatic heterocycles. The van der Waals surface area contributed by atoms with Gasteiger partial charge in [-0.3, -0.25) is 9.89 Å². The molecule has 178 valence electrons. The predicted molar refractivity (Wildman–Crippen MR) is 136 cm³/mol. The van der Waals surface area contributed by atoms with Crippen LogP contribution in [0.2, 0.25) is 0 Å². The topological polar surface area (TPSA) is 136 Å². The number of aromatic amines is 2. The number of benzene rings is 2. The van der Waals surface area contributed by atoms with Gasteiger partial charge in [0.2, 0.25) is 4.77 Å². The van der Waals surface area contributed by atoms with Crippen LogP contribution in [0, 0.1) is 4.77 Å². The minimum Gasteiger partial charge on any atom is -0.493 e. The molecule has 2 aromatic carbocycles. The van der Waals surface area contributed by atoms with Crippen molar-refractivity contribution in [2.45, 2.75) is 6.54 Å². The van der Waals surface area contributed by atoms with Crippen LogP contribution in [-0.4, -0.2) is 51.4 Å². The fourth-order valence-electron chi connectivity index (χ4n) is 4.01. The van der Waals surface area contributed by atoms with Crippen LogP contribution in [0.5, 0.6) is 11.5 Å². The van der Waals surface area contributed by atoms with Crippen molar-refractivity contribution in [2.24, 2.45) is 0 Å². The number of hydrogen-bond donors (Lipinski definition) is 4. The Morgan fingerprint density at radius 1 is 1.14 bits per heavy atom. The Balaban J connectivity index is 1.33. The summed E-state index contributed by atoms with van der Waals surface area (Å²) in [7, 11) is 3.11. The second-order valence-corrected chi connectivity index (χ2v) is 8.25. The lowest BCUT2D eigenvalue weighted by molar-refractivity contribution is 0.0948. The number of carbonyl (C=O) groups is 1. The van der Waals surface area contributed by atoms with Gasteiger partial charge >= 0.3 is 0 Å².